The number of halogens is 1. The molecular formula is C13H17BrN2OS. The van der Waals surface area contributed by atoms with Gasteiger partial charge in [0.05, 0.1) is 13.7 Å². The summed E-state index contributed by atoms with van der Waals surface area (Å²) in [7, 11) is 3.78. The number of hydrogen-bond donors (Lipinski definition) is 0. The molecular weight excluding hydrogens is 312 g/mol. The topological polar surface area (TPSA) is 24.8 Å². The zero-order valence-electron chi connectivity index (χ0n) is 10.6. The first-order valence-corrected chi connectivity index (χ1v) is 7.84. The molecule has 0 amide bonds. The van der Waals surface area contributed by atoms with Crippen LogP contribution < -0.4 is 4.74 Å². The summed E-state index contributed by atoms with van der Waals surface area (Å²) in [6.07, 6.45) is 0. The molecule has 5 heteroatoms. The molecule has 1 heterocycles. The van der Waals surface area contributed by atoms with Crippen molar-refractivity contribution in [2.24, 2.45) is 4.99 Å². The molecule has 2 rings (SSSR count). The van der Waals surface area contributed by atoms with E-state index in [1.807, 2.05) is 23.9 Å². The van der Waals surface area contributed by atoms with Crippen LogP contribution in [0.5, 0.6) is 5.75 Å². The first kappa shape index (κ1) is 13.7. The molecule has 0 saturated carbocycles. The molecule has 1 aromatic carbocycles. The summed E-state index contributed by atoms with van der Waals surface area (Å²) < 4.78 is 5.16. The molecule has 0 radical (unpaired) electrons. The molecule has 98 valence electrons. The van der Waals surface area contributed by atoms with Gasteiger partial charge >= 0.3 is 0 Å². The van der Waals surface area contributed by atoms with Crippen LogP contribution in [0, 0.1) is 0 Å². The Morgan fingerprint density at radius 2 is 2.17 bits per heavy atom. The van der Waals surface area contributed by atoms with Crippen molar-refractivity contribution in [3.8, 4) is 5.75 Å². The fraction of sp³-hybridized carbons (Fsp3) is 0.462. The SMILES string of the molecule is COc1ccc(CN(C)C2=NCC(CBr)S2)cc1. The lowest BCUT2D eigenvalue weighted by atomic mass is 10.2. The summed E-state index contributed by atoms with van der Waals surface area (Å²) in [6.45, 7) is 1.79. The van der Waals surface area contributed by atoms with Gasteiger partial charge < -0.3 is 9.64 Å². The minimum absolute atomic E-state index is 0.582. The largest absolute Gasteiger partial charge is 0.497 e. The Bertz CT molecular complexity index is 422. The smallest absolute Gasteiger partial charge is 0.159 e. The predicted molar refractivity (Wildman–Crippen MR) is 81.9 cm³/mol. The first-order valence-electron chi connectivity index (χ1n) is 5.84. The summed E-state index contributed by atoms with van der Waals surface area (Å²) in [5, 5.41) is 2.72. The molecule has 1 unspecified atom stereocenters. The quantitative estimate of drug-likeness (QED) is 0.794. The molecule has 0 bridgehead atoms. The average molecular weight is 329 g/mol. The van der Waals surface area contributed by atoms with Crippen LogP contribution in [0.1, 0.15) is 5.56 Å². The fourth-order valence-corrected chi connectivity index (χ4v) is 3.27. The standard InChI is InChI=1S/C13H17BrN2OS/c1-16(13-15-8-12(7-14)18-13)9-10-3-5-11(17-2)6-4-10/h3-6,12H,7-9H2,1-2H3. The maximum absolute atomic E-state index is 5.16. The van der Waals surface area contributed by atoms with E-state index in [1.165, 1.54) is 5.56 Å². The summed E-state index contributed by atoms with van der Waals surface area (Å²) >= 11 is 5.36. The minimum atomic E-state index is 0.582. The van der Waals surface area contributed by atoms with E-state index < -0.39 is 0 Å². The molecule has 0 aromatic heterocycles. The van der Waals surface area contributed by atoms with Crippen molar-refractivity contribution in [3.63, 3.8) is 0 Å². The van der Waals surface area contributed by atoms with Gasteiger partial charge in [0.2, 0.25) is 0 Å². The van der Waals surface area contributed by atoms with Crippen molar-refractivity contribution < 1.29 is 4.74 Å². The number of hydrogen-bond acceptors (Lipinski definition) is 4. The third-order valence-electron chi connectivity index (χ3n) is 2.78. The summed E-state index contributed by atoms with van der Waals surface area (Å²) in [6, 6.07) is 8.18. The van der Waals surface area contributed by atoms with Gasteiger partial charge in [0, 0.05) is 24.2 Å². The van der Waals surface area contributed by atoms with Crippen LogP contribution in [0.3, 0.4) is 0 Å². The zero-order valence-corrected chi connectivity index (χ0v) is 13.0. The van der Waals surface area contributed by atoms with Gasteiger partial charge in [-0.2, -0.15) is 0 Å². The monoisotopic (exact) mass is 328 g/mol. The van der Waals surface area contributed by atoms with Crippen molar-refractivity contribution >= 4 is 32.9 Å². The van der Waals surface area contributed by atoms with Crippen LogP contribution in [-0.2, 0) is 6.54 Å². The number of methoxy groups -OCH3 is 1. The number of nitrogens with zero attached hydrogens (tertiary/aromatic N) is 2. The number of amidine groups is 1. The Kier molecular flexibility index (Phi) is 4.95. The van der Waals surface area contributed by atoms with Gasteiger partial charge in [-0.3, -0.25) is 4.99 Å². The summed E-state index contributed by atoms with van der Waals surface area (Å²) in [4.78, 5) is 6.77. The van der Waals surface area contributed by atoms with Crippen LogP contribution in [0.25, 0.3) is 0 Å². The van der Waals surface area contributed by atoms with Crippen molar-refractivity contribution in [2.45, 2.75) is 11.8 Å². The lowest BCUT2D eigenvalue weighted by Crippen LogP contribution is -2.22. The van der Waals surface area contributed by atoms with Crippen molar-refractivity contribution in [1.29, 1.82) is 0 Å². The zero-order chi connectivity index (χ0) is 13.0. The predicted octanol–water partition coefficient (Wildman–Crippen LogP) is 2.99. The Labute approximate surface area is 121 Å². The molecule has 0 N–H and O–H groups in total. The average Bonchev–Trinajstić information content (AvgIpc) is 2.88. The molecule has 3 nitrogen and oxygen atoms in total. The Morgan fingerprint density at radius 1 is 1.44 bits per heavy atom. The molecule has 1 aliphatic heterocycles. The second-order valence-electron chi connectivity index (χ2n) is 4.22. The van der Waals surface area contributed by atoms with E-state index >= 15 is 0 Å². The Balaban J connectivity index is 1.92. The Morgan fingerprint density at radius 3 is 2.72 bits per heavy atom. The number of benzene rings is 1. The van der Waals surface area contributed by atoms with E-state index in [1.54, 1.807) is 7.11 Å². The number of alkyl halides is 1. The normalized spacial score (nSPS) is 18.6. The van der Waals surface area contributed by atoms with Crippen molar-refractivity contribution in [3.05, 3.63) is 29.8 Å². The van der Waals surface area contributed by atoms with E-state index in [9.17, 15) is 0 Å². The van der Waals surface area contributed by atoms with E-state index in [-0.39, 0.29) is 0 Å². The molecule has 18 heavy (non-hydrogen) atoms. The highest BCUT2D eigenvalue weighted by Gasteiger charge is 2.21. The highest BCUT2D eigenvalue weighted by molar-refractivity contribution is 9.09. The third kappa shape index (κ3) is 3.42. The number of aliphatic imine (C=N–C) groups is 1. The Hall–Kier alpha value is -0.680. The van der Waals surface area contributed by atoms with Gasteiger partial charge in [0.25, 0.3) is 0 Å². The van der Waals surface area contributed by atoms with Gasteiger partial charge in [0.1, 0.15) is 5.75 Å². The van der Waals surface area contributed by atoms with Crippen LogP contribution >= 0.6 is 27.7 Å². The second kappa shape index (κ2) is 6.48. The maximum atomic E-state index is 5.16. The van der Waals surface area contributed by atoms with Gasteiger partial charge in [-0.1, -0.05) is 39.8 Å². The molecule has 1 atom stereocenters. The number of ether oxygens (including phenoxy) is 1. The number of thioether (sulfide) groups is 1. The van der Waals surface area contributed by atoms with Crippen LogP contribution in [-0.4, -0.2) is 41.3 Å². The molecule has 0 fully saturated rings. The van der Waals surface area contributed by atoms with Gasteiger partial charge in [0.15, 0.2) is 5.17 Å². The lowest BCUT2D eigenvalue weighted by Gasteiger charge is -2.19. The molecule has 1 aromatic rings. The minimum Gasteiger partial charge on any atom is -0.497 e. The van der Waals surface area contributed by atoms with Crippen molar-refractivity contribution in [2.75, 3.05) is 26.0 Å². The lowest BCUT2D eigenvalue weighted by molar-refractivity contribution is 0.414. The summed E-state index contributed by atoms with van der Waals surface area (Å²) in [5.74, 6) is 0.897. The first-order chi connectivity index (χ1) is 8.72. The molecule has 0 aliphatic carbocycles. The van der Waals surface area contributed by atoms with Crippen LogP contribution in [0.2, 0.25) is 0 Å². The fourth-order valence-electron chi connectivity index (χ4n) is 1.77. The van der Waals surface area contributed by atoms with E-state index in [4.69, 9.17) is 4.74 Å². The second-order valence-corrected chi connectivity index (χ2v) is 6.14. The van der Waals surface area contributed by atoms with Gasteiger partial charge in [-0.05, 0) is 17.7 Å². The van der Waals surface area contributed by atoms with Crippen LogP contribution in [0.4, 0.5) is 0 Å². The molecule has 0 spiro atoms. The van der Waals surface area contributed by atoms with Crippen LogP contribution in [0.15, 0.2) is 29.3 Å². The van der Waals surface area contributed by atoms with Gasteiger partial charge in [-0.15, -0.1) is 0 Å². The van der Waals surface area contributed by atoms with E-state index in [0.29, 0.717) is 5.25 Å². The third-order valence-corrected chi connectivity index (χ3v) is 5.29. The number of rotatable bonds is 4. The molecule has 0 saturated heterocycles. The molecule has 1 aliphatic rings. The summed E-state index contributed by atoms with van der Waals surface area (Å²) in [5.41, 5.74) is 1.27. The van der Waals surface area contributed by atoms with Crippen molar-refractivity contribution in [1.82, 2.24) is 4.90 Å². The maximum Gasteiger partial charge on any atom is 0.159 e. The van der Waals surface area contributed by atoms with E-state index in [2.05, 4.69) is 45.0 Å². The highest BCUT2D eigenvalue weighted by atomic mass is 79.9. The van der Waals surface area contributed by atoms with Gasteiger partial charge in [-0.25, -0.2) is 0 Å². The highest BCUT2D eigenvalue weighted by Crippen LogP contribution is 2.25. The van der Waals surface area contributed by atoms with E-state index in [0.717, 1.165) is 29.3 Å².